The molecule has 1 aliphatic heterocycles. The predicted octanol–water partition coefficient (Wildman–Crippen LogP) is -0.485. The molecule has 0 saturated carbocycles. The topological polar surface area (TPSA) is 61.4 Å². The first-order valence-electron chi connectivity index (χ1n) is 4.19. The standard InChI is InChI=1S/C8H16N2O2.ClH/c1-8(2,5-11)10-7(12)6-3-9-4-6;/h6,9,11H,3-5H2,1-2H3,(H,10,12);1H. The molecule has 0 spiro atoms. The van der Waals surface area contributed by atoms with Crippen molar-refractivity contribution in [1.82, 2.24) is 10.6 Å². The zero-order valence-corrected chi connectivity index (χ0v) is 8.78. The average molecular weight is 209 g/mol. The summed E-state index contributed by atoms with van der Waals surface area (Å²) in [6, 6.07) is 0. The van der Waals surface area contributed by atoms with Gasteiger partial charge in [0.15, 0.2) is 0 Å². The summed E-state index contributed by atoms with van der Waals surface area (Å²) in [5.74, 6) is 0.128. The van der Waals surface area contributed by atoms with Gasteiger partial charge < -0.3 is 15.7 Å². The van der Waals surface area contributed by atoms with Gasteiger partial charge in [0.2, 0.25) is 5.91 Å². The maximum absolute atomic E-state index is 11.3. The molecule has 0 aromatic carbocycles. The Balaban J connectivity index is 0.00000144. The monoisotopic (exact) mass is 208 g/mol. The molecule has 3 N–H and O–H groups in total. The van der Waals surface area contributed by atoms with Crippen LogP contribution in [0.3, 0.4) is 0 Å². The Kier molecular flexibility index (Phi) is 4.67. The van der Waals surface area contributed by atoms with Crippen LogP contribution < -0.4 is 10.6 Å². The van der Waals surface area contributed by atoms with Gasteiger partial charge in [-0.1, -0.05) is 0 Å². The lowest BCUT2D eigenvalue weighted by atomic mass is 9.99. The van der Waals surface area contributed by atoms with Gasteiger partial charge in [0.05, 0.1) is 18.1 Å². The van der Waals surface area contributed by atoms with Crippen molar-refractivity contribution in [3.05, 3.63) is 0 Å². The van der Waals surface area contributed by atoms with E-state index in [0.29, 0.717) is 0 Å². The Labute approximate surface area is 84.5 Å². The molecule has 4 nitrogen and oxygen atoms in total. The molecule has 1 heterocycles. The van der Waals surface area contributed by atoms with Gasteiger partial charge in [0.1, 0.15) is 0 Å². The number of carbonyl (C=O) groups excluding carboxylic acids is 1. The van der Waals surface area contributed by atoms with Gasteiger partial charge in [-0.2, -0.15) is 0 Å². The lowest BCUT2D eigenvalue weighted by Crippen LogP contribution is -2.56. The molecular formula is C8H17ClN2O2. The highest BCUT2D eigenvalue weighted by atomic mass is 35.5. The third kappa shape index (κ3) is 3.50. The quantitative estimate of drug-likeness (QED) is 0.587. The van der Waals surface area contributed by atoms with Crippen LogP contribution in [-0.4, -0.2) is 36.2 Å². The molecule has 0 atom stereocenters. The fourth-order valence-corrected chi connectivity index (χ4v) is 0.949. The van der Waals surface area contributed by atoms with E-state index in [0.717, 1.165) is 13.1 Å². The summed E-state index contributed by atoms with van der Waals surface area (Å²) in [7, 11) is 0. The molecule has 0 unspecified atom stereocenters. The molecule has 0 aromatic rings. The second kappa shape index (κ2) is 4.79. The zero-order chi connectivity index (χ0) is 9.19. The molecule has 0 radical (unpaired) electrons. The highest BCUT2D eigenvalue weighted by molar-refractivity contribution is 5.85. The van der Waals surface area contributed by atoms with Crippen LogP contribution >= 0.6 is 12.4 Å². The Bertz CT molecular complexity index is 181. The number of carbonyl (C=O) groups is 1. The first-order chi connectivity index (χ1) is 5.55. The molecule has 78 valence electrons. The van der Waals surface area contributed by atoms with Crippen LogP contribution in [0.15, 0.2) is 0 Å². The smallest absolute Gasteiger partial charge is 0.226 e. The number of hydrogen-bond acceptors (Lipinski definition) is 3. The summed E-state index contributed by atoms with van der Waals surface area (Å²) in [5.41, 5.74) is -0.493. The summed E-state index contributed by atoms with van der Waals surface area (Å²) >= 11 is 0. The van der Waals surface area contributed by atoms with E-state index >= 15 is 0 Å². The second-order valence-electron chi connectivity index (χ2n) is 3.89. The van der Waals surface area contributed by atoms with Crippen molar-refractivity contribution in [1.29, 1.82) is 0 Å². The molecule has 13 heavy (non-hydrogen) atoms. The van der Waals surface area contributed by atoms with E-state index in [9.17, 15) is 4.79 Å². The molecule has 5 heteroatoms. The van der Waals surface area contributed by atoms with Crippen molar-refractivity contribution in [2.75, 3.05) is 19.7 Å². The molecular weight excluding hydrogens is 192 g/mol. The van der Waals surface area contributed by atoms with Crippen LogP contribution in [-0.2, 0) is 4.79 Å². The van der Waals surface area contributed by atoms with E-state index in [1.165, 1.54) is 0 Å². The van der Waals surface area contributed by atoms with Gasteiger partial charge in [-0.05, 0) is 13.8 Å². The molecule has 0 aromatic heterocycles. The van der Waals surface area contributed by atoms with Crippen molar-refractivity contribution in [2.24, 2.45) is 5.92 Å². The average Bonchev–Trinajstić information content (AvgIpc) is 1.82. The number of rotatable bonds is 3. The summed E-state index contributed by atoms with van der Waals surface area (Å²) in [6.45, 7) is 5.09. The fraction of sp³-hybridized carbons (Fsp3) is 0.875. The molecule has 1 rings (SSSR count). The van der Waals surface area contributed by atoms with Crippen LogP contribution in [0.4, 0.5) is 0 Å². The Hall–Kier alpha value is -0.320. The van der Waals surface area contributed by atoms with Crippen LogP contribution in [0.25, 0.3) is 0 Å². The highest BCUT2D eigenvalue weighted by Crippen LogP contribution is 2.06. The molecule has 1 amide bonds. The maximum atomic E-state index is 11.3. The Morgan fingerprint density at radius 2 is 2.15 bits per heavy atom. The Morgan fingerprint density at radius 3 is 2.46 bits per heavy atom. The lowest BCUT2D eigenvalue weighted by molar-refractivity contribution is -0.128. The second-order valence-corrected chi connectivity index (χ2v) is 3.89. The van der Waals surface area contributed by atoms with Gasteiger partial charge in [0, 0.05) is 13.1 Å². The molecule has 1 saturated heterocycles. The van der Waals surface area contributed by atoms with Gasteiger partial charge in [0.25, 0.3) is 0 Å². The van der Waals surface area contributed by atoms with Crippen LogP contribution in [0, 0.1) is 5.92 Å². The van der Waals surface area contributed by atoms with E-state index in [1.807, 2.05) is 0 Å². The van der Waals surface area contributed by atoms with Gasteiger partial charge >= 0.3 is 0 Å². The molecule has 1 aliphatic rings. The molecule has 1 fully saturated rings. The van der Waals surface area contributed by atoms with E-state index in [-0.39, 0.29) is 30.8 Å². The normalized spacial score (nSPS) is 17.2. The van der Waals surface area contributed by atoms with E-state index in [2.05, 4.69) is 10.6 Å². The van der Waals surface area contributed by atoms with Gasteiger partial charge in [-0.25, -0.2) is 0 Å². The van der Waals surface area contributed by atoms with Crippen LogP contribution in [0.5, 0.6) is 0 Å². The van der Waals surface area contributed by atoms with Crippen molar-refractivity contribution in [3.63, 3.8) is 0 Å². The van der Waals surface area contributed by atoms with Gasteiger partial charge in [-0.3, -0.25) is 4.79 Å². The summed E-state index contributed by atoms with van der Waals surface area (Å²) in [5, 5.41) is 14.7. The predicted molar refractivity (Wildman–Crippen MR) is 52.9 cm³/mol. The number of aliphatic hydroxyl groups excluding tert-OH is 1. The van der Waals surface area contributed by atoms with Crippen molar-refractivity contribution < 1.29 is 9.90 Å². The van der Waals surface area contributed by atoms with Crippen molar-refractivity contribution in [3.8, 4) is 0 Å². The number of aliphatic hydroxyl groups is 1. The molecule has 0 bridgehead atoms. The number of hydrogen-bond donors (Lipinski definition) is 3. The summed E-state index contributed by atoms with van der Waals surface area (Å²) in [6.07, 6.45) is 0. The van der Waals surface area contributed by atoms with Crippen LogP contribution in [0.2, 0.25) is 0 Å². The minimum Gasteiger partial charge on any atom is -0.394 e. The highest BCUT2D eigenvalue weighted by Gasteiger charge is 2.28. The maximum Gasteiger partial charge on any atom is 0.226 e. The largest absolute Gasteiger partial charge is 0.394 e. The lowest BCUT2D eigenvalue weighted by Gasteiger charge is -2.31. The van der Waals surface area contributed by atoms with E-state index in [4.69, 9.17) is 5.11 Å². The first-order valence-corrected chi connectivity index (χ1v) is 4.19. The fourth-order valence-electron chi connectivity index (χ4n) is 0.949. The van der Waals surface area contributed by atoms with Crippen LogP contribution in [0.1, 0.15) is 13.8 Å². The van der Waals surface area contributed by atoms with Crippen molar-refractivity contribution in [2.45, 2.75) is 19.4 Å². The summed E-state index contributed by atoms with van der Waals surface area (Å²) < 4.78 is 0. The van der Waals surface area contributed by atoms with E-state index in [1.54, 1.807) is 13.8 Å². The number of amides is 1. The van der Waals surface area contributed by atoms with Crippen molar-refractivity contribution >= 4 is 18.3 Å². The SMILES string of the molecule is CC(C)(CO)NC(=O)C1CNC1.Cl. The zero-order valence-electron chi connectivity index (χ0n) is 7.96. The van der Waals surface area contributed by atoms with Gasteiger partial charge in [-0.15, -0.1) is 12.4 Å². The van der Waals surface area contributed by atoms with E-state index < -0.39 is 5.54 Å². The first kappa shape index (κ1) is 12.7. The minimum absolute atomic E-state index is 0. The summed E-state index contributed by atoms with van der Waals surface area (Å²) in [4.78, 5) is 11.3. The Morgan fingerprint density at radius 1 is 1.62 bits per heavy atom. The number of halogens is 1. The molecule has 0 aliphatic carbocycles. The number of nitrogens with one attached hydrogen (secondary N) is 2. The minimum atomic E-state index is -0.493. The third-order valence-corrected chi connectivity index (χ3v) is 2.01. The third-order valence-electron chi connectivity index (χ3n) is 2.01.